The zero-order valence-electron chi connectivity index (χ0n) is 11.8. The molecular formula is C15H25NO2S. The first-order valence-electron chi connectivity index (χ1n) is 7.16. The van der Waals surface area contributed by atoms with E-state index < -0.39 is 10.0 Å². The topological polar surface area (TPSA) is 60.2 Å². The lowest BCUT2D eigenvalue weighted by molar-refractivity contribution is 0.588. The molecule has 0 aromatic heterocycles. The summed E-state index contributed by atoms with van der Waals surface area (Å²) in [7, 11) is -3.57. The molecular weight excluding hydrogens is 258 g/mol. The van der Waals surface area contributed by atoms with Gasteiger partial charge in [-0.25, -0.2) is 13.6 Å². The number of nitrogens with two attached hydrogens (primary N) is 1. The predicted molar refractivity (Wildman–Crippen MR) is 79.5 cm³/mol. The highest BCUT2D eigenvalue weighted by Crippen LogP contribution is 2.14. The molecule has 0 radical (unpaired) electrons. The number of aryl methyl sites for hydroxylation is 1. The molecule has 0 fully saturated rings. The maximum absolute atomic E-state index is 11.2. The SMILES string of the molecule is CCCCCCCCCc1cccc(S(N)(=O)=O)c1. The van der Waals surface area contributed by atoms with E-state index >= 15 is 0 Å². The zero-order chi connectivity index (χ0) is 14.1. The van der Waals surface area contributed by atoms with Crippen LogP contribution in [0.15, 0.2) is 29.2 Å². The van der Waals surface area contributed by atoms with E-state index in [1.807, 2.05) is 6.07 Å². The Kier molecular flexibility index (Phi) is 7.10. The number of sulfonamides is 1. The minimum atomic E-state index is -3.57. The van der Waals surface area contributed by atoms with E-state index in [1.54, 1.807) is 18.2 Å². The molecule has 0 saturated carbocycles. The van der Waals surface area contributed by atoms with Gasteiger partial charge in [0.15, 0.2) is 0 Å². The highest BCUT2D eigenvalue weighted by Gasteiger charge is 2.07. The molecule has 1 aromatic rings. The van der Waals surface area contributed by atoms with Crippen molar-refractivity contribution in [2.45, 2.75) is 63.2 Å². The highest BCUT2D eigenvalue weighted by molar-refractivity contribution is 7.89. The third-order valence-electron chi connectivity index (χ3n) is 3.30. The lowest BCUT2D eigenvalue weighted by atomic mass is 10.0. The Hall–Kier alpha value is -0.870. The van der Waals surface area contributed by atoms with Gasteiger partial charge >= 0.3 is 0 Å². The van der Waals surface area contributed by atoms with E-state index in [9.17, 15) is 8.42 Å². The molecule has 3 nitrogen and oxygen atoms in total. The summed E-state index contributed by atoms with van der Waals surface area (Å²) in [6.45, 7) is 2.22. The van der Waals surface area contributed by atoms with Crippen molar-refractivity contribution in [1.82, 2.24) is 0 Å². The van der Waals surface area contributed by atoms with Gasteiger partial charge in [-0.3, -0.25) is 0 Å². The fourth-order valence-electron chi connectivity index (χ4n) is 2.16. The van der Waals surface area contributed by atoms with Gasteiger partial charge in [0.1, 0.15) is 0 Å². The van der Waals surface area contributed by atoms with E-state index in [0.717, 1.165) is 18.4 Å². The molecule has 0 heterocycles. The molecule has 0 bridgehead atoms. The fraction of sp³-hybridized carbons (Fsp3) is 0.600. The van der Waals surface area contributed by atoms with Crippen LogP contribution < -0.4 is 5.14 Å². The van der Waals surface area contributed by atoms with Crippen LogP contribution in [0.3, 0.4) is 0 Å². The second kappa shape index (κ2) is 8.33. The Morgan fingerprint density at radius 2 is 1.63 bits per heavy atom. The Morgan fingerprint density at radius 3 is 2.26 bits per heavy atom. The molecule has 2 N–H and O–H groups in total. The summed E-state index contributed by atoms with van der Waals surface area (Å²) in [5, 5.41) is 5.12. The van der Waals surface area contributed by atoms with Crippen LogP contribution in [-0.2, 0) is 16.4 Å². The molecule has 0 saturated heterocycles. The Morgan fingerprint density at radius 1 is 1.00 bits per heavy atom. The van der Waals surface area contributed by atoms with Gasteiger partial charge in [-0.2, -0.15) is 0 Å². The van der Waals surface area contributed by atoms with E-state index in [0.29, 0.717) is 0 Å². The number of hydrogen-bond acceptors (Lipinski definition) is 2. The second-order valence-electron chi connectivity index (χ2n) is 5.06. The number of rotatable bonds is 9. The summed E-state index contributed by atoms with van der Waals surface area (Å²) < 4.78 is 22.5. The first-order valence-corrected chi connectivity index (χ1v) is 8.70. The van der Waals surface area contributed by atoms with E-state index in [-0.39, 0.29) is 4.90 Å². The average molecular weight is 283 g/mol. The van der Waals surface area contributed by atoms with Crippen molar-refractivity contribution in [3.05, 3.63) is 29.8 Å². The van der Waals surface area contributed by atoms with Crippen LogP contribution >= 0.6 is 0 Å². The van der Waals surface area contributed by atoms with Crippen LogP contribution in [0, 0.1) is 0 Å². The minimum absolute atomic E-state index is 0.216. The largest absolute Gasteiger partial charge is 0.238 e. The van der Waals surface area contributed by atoms with Crippen LogP contribution in [0.5, 0.6) is 0 Å². The quantitative estimate of drug-likeness (QED) is 0.703. The van der Waals surface area contributed by atoms with Crippen LogP contribution in [0.1, 0.15) is 57.4 Å². The lowest BCUT2D eigenvalue weighted by Crippen LogP contribution is -2.12. The van der Waals surface area contributed by atoms with Crippen LogP contribution in [0.4, 0.5) is 0 Å². The number of unbranched alkanes of at least 4 members (excludes halogenated alkanes) is 6. The molecule has 0 atom stereocenters. The van der Waals surface area contributed by atoms with Gasteiger partial charge in [0, 0.05) is 0 Å². The van der Waals surface area contributed by atoms with Crippen molar-refractivity contribution in [3.63, 3.8) is 0 Å². The summed E-state index contributed by atoms with van der Waals surface area (Å²) in [5.74, 6) is 0. The van der Waals surface area contributed by atoms with Crippen molar-refractivity contribution < 1.29 is 8.42 Å². The normalized spacial score (nSPS) is 11.7. The monoisotopic (exact) mass is 283 g/mol. The first-order chi connectivity index (χ1) is 9.04. The van der Waals surface area contributed by atoms with Gasteiger partial charge in [0.05, 0.1) is 4.90 Å². The Bertz CT molecular complexity index is 469. The van der Waals surface area contributed by atoms with E-state index in [4.69, 9.17) is 5.14 Å². The summed E-state index contributed by atoms with van der Waals surface area (Å²) >= 11 is 0. The molecule has 1 aromatic carbocycles. The van der Waals surface area contributed by atoms with Gasteiger partial charge in [0.2, 0.25) is 10.0 Å². The smallest absolute Gasteiger partial charge is 0.225 e. The Balaban J connectivity index is 2.30. The maximum atomic E-state index is 11.2. The summed E-state index contributed by atoms with van der Waals surface area (Å²) in [5.41, 5.74) is 1.06. The zero-order valence-corrected chi connectivity index (χ0v) is 12.6. The van der Waals surface area contributed by atoms with E-state index in [2.05, 4.69) is 6.92 Å². The van der Waals surface area contributed by atoms with Gasteiger partial charge in [-0.1, -0.05) is 57.6 Å². The molecule has 0 aliphatic rings. The van der Waals surface area contributed by atoms with E-state index in [1.165, 1.54) is 38.5 Å². The number of hydrogen-bond donors (Lipinski definition) is 1. The van der Waals surface area contributed by atoms with Gasteiger partial charge in [-0.05, 0) is 30.5 Å². The molecule has 0 spiro atoms. The maximum Gasteiger partial charge on any atom is 0.238 e. The van der Waals surface area contributed by atoms with Gasteiger partial charge in [0.25, 0.3) is 0 Å². The minimum Gasteiger partial charge on any atom is -0.225 e. The van der Waals surface area contributed by atoms with Gasteiger partial charge < -0.3 is 0 Å². The fourth-order valence-corrected chi connectivity index (χ4v) is 2.75. The molecule has 0 unspecified atom stereocenters. The van der Waals surface area contributed by atoms with Crippen LogP contribution in [0.25, 0.3) is 0 Å². The average Bonchev–Trinajstić information content (AvgIpc) is 2.37. The third kappa shape index (κ3) is 6.73. The second-order valence-corrected chi connectivity index (χ2v) is 6.63. The number of benzene rings is 1. The summed E-state index contributed by atoms with van der Waals surface area (Å²) in [6.07, 6.45) is 9.77. The van der Waals surface area contributed by atoms with Crippen molar-refractivity contribution in [2.75, 3.05) is 0 Å². The van der Waals surface area contributed by atoms with Crippen molar-refractivity contribution in [1.29, 1.82) is 0 Å². The molecule has 19 heavy (non-hydrogen) atoms. The van der Waals surface area contributed by atoms with Gasteiger partial charge in [-0.15, -0.1) is 0 Å². The molecule has 4 heteroatoms. The molecule has 0 aliphatic carbocycles. The summed E-state index contributed by atoms with van der Waals surface area (Å²) in [4.78, 5) is 0.216. The molecule has 1 rings (SSSR count). The van der Waals surface area contributed by atoms with Crippen molar-refractivity contribution in [3.8, 4) is 0 Å². The number of primary sulfonamides is 1. The van der Waals surface area contributed by atoms with Crippen molar-refractivity contribution in [2.24, 2.45) is 5.14 Å². The molecule has 108 valence electrons. The van der Waals surface area contributed by atoms with Crippen LogP contribution in [0.2, 0.25) is 0 Å². The Labute approximate surface area is 117 Å². The lowest BCUT2D eigenvalue weighted by Gasteiger charge is -2.04. The molecule has 0 aliphatic heterocycles. The first kappa shape index (κ1) is 16.2. The summed E-state index contributed by atoms with van der Waals surface area (Å²) in [6, 6.07) is 6.96. The standard InChI is InChI=1S/C15H25NO2S/c1-2-3-4-5-6-7-8-10-14-11-9-12-15(13-14)19(16,17)18/h9,11-13H,2-8,10H2,1H3,(H2,16,17,18). The van der Waals surface area contributed by atoms with Crippen molar-refractivity contribution >= 4 is 10.0 Å². The third-order valence-corrected chi connectivity index (χ3v) is 4.21. The molecule has 0 amide bonds. The highest BCUT2D eigenvalue weighted by atomic mass is 32.2. The van der Waals surface area contributed by atoms with Crippen LogP contribution in [-0.4, -0.2) is 8.42 Å². The predicted octanol–water partition coefficient (Wildman–Crippen LogP) is 3.63.